The Morgan fingerprint density at radius 2 is 2.26 bits per heavy atom. The predicted molar refractivity (Wildman–Crippen MR) is 76.8 cm³/mol. The van der Waals surface area contributed by atoms with E-state index in [0.717, 1.165) is 29.6 Å². The topological polar surface area (TPSA) is 57.9 Å². The van der Waals surface area contributed by atoms with Crippen LogP contribution in [-0.2, 0) is 0 Å². The number of anilines is 1. The van der Waals surface area contributed by atoms with Gasteiger partial charge in [-0.25, -0.2) is 0 Å². The van der Waals surface area contributed by atoms with Crippen LogP contribution in [0.4, 0.5) is 5.69 Å². The zero-order valence-electron chi connectivity index (χ0n) is 10.8. The number of benzene rings is 1. The second kappa shape index (κ2) is 5.77. The summed E-state index contributed by atoms with van der Waals surface area (Å²) in [5.74, 6) is 0.577. The first-order chi connectivity index (χ1) is 9.21. The molecule has 0 fully saturated rings. The molecule has 19 heavy (non-hydrogen) atoms. The Balaban J connectivity index is 2.67. The first kappa shape index (κ1) is 13.4. The number of pyridine rings is 1. The Morgan fingerprint density at radius 1 is 1.47 bits per heavy atom. The minimum Gasteiger partial charge on any atom is -0.495 e. The highest BCUT2D eigenvalue weighted by Gasteiger charge is 2.11. The van der Waals surface area contributed by atoms with E-state index in [9.17, 15) is 0 Å². The lowest BCUT2D eigenvalue weighted by atomic mass is 10.1. The molecule has 4 nitrogen and oxygen atoms in total. The predicted octanol–water partition coefficient (Wildman–Crippen LogP) is 3.59. The molecular formula is C14H14ClN3O. The van der Waals surface area contributed by atoms with Gasteiger partial charge in [0, 0.05) is 24.2 Å². The van der Waals surface area contributed by atoms with Crippen molar-refractivity contribution in [3.63, 3.8) is 0 Å². The standard InChI is InChI=1S/C14H14ClN3O/c1-3-4-17-14-9(7-16)8-18-12-6-13(19-2)11(15)5-10(12)14/h5-6,8H,3-4H2,1-2H3,(H,17,18). The van der Waals surface area contributed by atoms with Crippen LogP contribution in [0, 0.1) is 11.3 Å². The molecule has 5 heteroatoms. The molecule has 0 saturated heterocycles. The molecule has 98 valence electrons. The highest BCUT2D eigenvalue weighted by Crippen LogP contribution is 2.33. The van der Waals surface area contributed by atoms with Gasteiger partial charge in [-0.2, -0.15) is 5.26 Å². The fourth-order valence-corrected chi connectivity index (χ4v) is 2.12. The Bertz CT molecular complexity index is 649. The molecular weight excluding hydrogens is 262 g/mol. The second-order valence-electron chi connectivity index (χ2n) is 4.09. The Kier molecular flexibility index (Phi) is 4.08. The van der Waals surface area contributed by atoms with E-state index in [1.54, 1.807) is 25.4 Å². The molecule has 0 saturated carbocycles. The van der Waals surface area contributed by atoms with Gasteiger partial charge in [0.2, 0.25) is 0 Å². The number of hydrogen-bond acceptors (Lipinski definition) is 4. The largest absolute Gasteiger partial charge is 0.495 e. The zero-order chi connectivity index (χ0) is 13.8. The summed E-state index contributed by atoms with van der Waals surface area (Å²) >= 11 is 6.14. The molecule has 0 spiro atoms. The molecule has 2 aromatic rings. The van der Waals surface area contributed by atoms with Crippen LogP contribution in [0.1, 0.15) is 18.9 Å². The number of fused-ring (bicyclic) bond motifs is 1. The smallest absolute Gasteiger partial charge is 0.139 e. The molecule has 0 aliphatic heterocycles. The lowest BCUT2D eigenvalue weighted by Gasteiger charge is -2.12. The molecule has 0 aliphatic rings. The average molecular weight is 276 g/mol. The summed E-state index contributed by atoms with van der Waals surface area (Å²) in [6, 6.07) is 5.70. The molecule has 1 aromatic heterocycles. The van der Waals surface area contributed by atoms with Crippen molar-refractivity contribution >= 4 is 28.2 Å². The summed E-state index contributed by atoms with van der Waals surface area (Å²) in [5, 5.41) is 13.8. The number of nitrogens with one attached hydrogen (secondary N) is 1. The zero-order valence-corrected chi connectivity index (χ0v) is 11.6. The van der Waals surface area contributed by atoms with Crippen LogP contribution < -0.4 is 10.1 Å². The SMILES string of the molecule is CCCNc1c(C#N)cnc2cc(OC)c(Cl)cc12. The van der Waals surface area contributed by atoms with Crippen molar-refractivity contribution in [3.05, 3.63) is 28.9 Å². The lowest BCUT2D eigenvalue weighted by Crippen LogP contribution is -2.03. The van der Waals surface area contributed by atoms with Gasteiger partial charge in [0.05, 0.1) is 28.9 Å². The first-order valence-electron chi connectivity index (χ1n) is 6.01. The summed E-state index contributed by atoms with van der Waals surface area (Å²) in [6.07, 6.45) is 2.53. The van der Waals surface area contributed by atoms with Crippen LogP contribution >= 0.6 is 11.6 Å². The molecule has 0 amide bonds. The van der Waals surface area contributed by atoms with Crippen molar-refractivity contribution in [1.29, 1.82) is 5.26 Å². The quantitative estimate of drug-likeness (QED) is 0.926. The van der Waals surface area contributed by atoms with Crippen molar-refractivity contribution in [1.82, 2.24) is 4.98 Å². The van der Waals surface area contributed by atoms with Crippen LogP contribution in [0.15, 0.2) is 18.3 Å². The lowest BCUT2D eigenvalue weighted by molar-refractivity contribution is 0.415. The minimum absolute atomic E-state index is 0.506. The van der Waals surface area contributed by atoms with Crippen LogP contribution in [0.2, 0.25) is 5.02 Å². The third-order valence-electron chi connectivity index (χ3n) is 2.81. The molecule has 0 atom stereocenters. The summed E-state index contributed by atoms with van der Waals surface area (Å²) < 4.78 is 5.17. The van der Waals surface area contributed by atoms with Gasteiger partial charge in [-0.05, 0) is 12.5 Å². The molecule has 0 radical (unpaired) electrons. The number of hydrogen-bond donors (Lipinski definition) is 1. The van der Waals surface area contributed by atoms with Crippen molar-refractivity contribution in [2.75, 3.05) is 19.0 Å². The van der Waals surface area contributed by atoms with Gasteiger partial charge in [-0.3, -0.25) is 4.98 Å². The van der Waals surface area contributed by atoms with Gasteiger partial charge in [-0.15, -0.1) is 0 Å². The summed E-state index contributed by atoms with van der Waals surface area (Å²) in [5.41, 5.74) is 2.04. The Morgan fingerprint density at radius 3 is 2.89 bits per heavy atom. The number of methoxy groups -OCH3 is 1. The monoisotopic (exact) mass is 275 g/mol. The first-order valence-corrected chi connectivity index (χ1v) is 6.39. The highest BCUT2D eigenvalue weighted by atomic mass is 35.5. The van der Waals surface area contributed by atoms with Crippen LogP contribution in [0.3, 0.4) is 0 Å². The van der Waals surface area contributed by atoms with Gasteiger partial charge in [0.25, 0.3) is 0 Å². The summed E-state index contributed by atoms with van der Waals surface area (Å²) in [7, 11) is 1.56. The Labute approximate surface area is 117 Å². The molecule has 1 heterocycles. The maximum Gasteiger partial charge on any atom is 0.139 e. The molecule has 0 bridgehead atoms. The summed E-state index contributed by atoms with van der Waals surface area (Å²) in [6.45, 7) is 2.86. The molecule has 2 rings (SSSR count). The van der Waals surface area contributed by atoms with Gasteiger partial charge < -0.3 is 10.1 Å². The molecule has 1 N–H and O–H groups in total. The number of nitriles is 1. The van der Waals surface area contributed by atoms with E-state index < -0.39 is 0 Å². The van der Waals surface area contributed by atoms with Gasteiger partial charge in [0.15, 0.2) is 0 Å². The van der Waals surface area contributed by atoms with E-state index in [-0.39, 0.29) is 0 Å². The normalized spacial score (nSPS) is 10.2. The fraction of sp³-hybridized carbons (Fsp3) is 0.286. The number of ether oxygens (including phenoxy) is 1. The number of nitrogens with zero attached hydrogens (tertiary/aromatic N) is 2. The van der Waals surface area contributed by atoms with Crippen LogP contribution in [0.5, 0.6) is 5.75 Å². The maximum atomic E-state index is 9.16. The summed E-state index contributed by atoms with van der Waals surface area (Å²) in [4.78, 5) is 4.27. The van der Waals surface area contributed by atoms with Crippen LogP contribution in [0.25, 0.3) is 10.9 Å². The van der Waals surface area contributed by atoms with Crippen molar-refractivity contribution in [2.24, 2.45) is 0 Å². The third kappa shape index (κ3) is 2.56. The number of halogens is 1. The Hall–Kier alpha value is -1.99. The van der Waals surface area contributed by atoms with E-state index in [1.807, 2.05) is 0 Å². The van der Waals surface area contributed by atoms with E-state index in [1.165, 1.54) is 0 Å². The van der Waals surface area contributed by atoms with E-state index >= 15 is 0 Å². The van der Waals surface area contributed by atoms with Gasteiger partial charge in [-0.1, -0.05) is 18.5 Å². The fourth-order valence-electron chi connectivity index (χ4n) is 1.88. The number of rotatable bonds is 4. The molecule has 0 aliphatic carbocycles. The van der Waals surface area contributed by atoms with E-state index in [2.05, 4.69) is 23.3 Å². The molecule has 1 aromatic carbocycles. The van der Waals surface area contributed by atoms with Gasteiger partial charge >= 0.3 is 0 Å². The number of aromatic nitrogens is 1. The van der Waals surface area contributed by atoms with Gasteiger partial charge in [0.1, 0.15) is 11.8 Å². The van der Waals surface area contributed by atoms with Crippen molar-refractivity contribution in [2.45, 2.75) is 13.3 Å². The van der Waals surface area contributed by atoms with Crippen LogP contribution in [-0.4, -0.2) is 18.6 Å². The third-order valence-corrected chi connectivity index (χ3v) is 3.11. The highest BCUT2D eigenvalue weighted by molar-refractivity contribution is 6.33. The van der Waals surface area contributed by atoms with E-state index in [0.29, 0.717) is 16.3 Å². The average Bonchev–Trinajstić information content (AvgIpc) is 2.44. The minimum atomic E-state index is 0.506. The molecule has 0 unspecified atom stereocenters. The van der Waals surface area contributed by atoms with Crippen molar-refractivity contribution < 1.29 is 4.74 Å². The van der Waals surface area contributed by atoms with E-state index in [4.69, 9.17) is 21.6 Å². The second-order valence-corrected chi connectivity index (χ2v) is 4.50. The van der Waals surface area contributed by atoms with Crippen molar-refractivity contribution in [3.8, 4) is 11.8 Å². The maximum absolute atomic E-state index is 9.16.